The Balaban J connectivity index is 1.57. The molecule has 0 spiro atoms. The SMILES string of the molecule is C=C(C)c1ccc(CC2CCCCC2NCC2CCC(CC)CC2)cc1CC. The van der Waals surface area contributed by atoms with E-state index in [1.54, 1.807) is 0 Å². The average Bonchev–Trinajstić information content (AvgIpc) is 2.73. The smallest absolute Gasteiger partial charge is 0.00986 e. The lowest BCUT2D eigenvalue weighted by molar-refractivity contribution is 0.218. The molecule has 1 aromatic carbocycles. The van der Waals surface area contributed by atoms with Crippen molar-refractivity contribution in [3.63, 3.8) is 0 Å². The van der Waals surface area contributed by atoms with E-state index in [1.807, 2.05) is 0 Å². The molecule has 0 radical (unpaired) electrons. The third-order valence-corrected chi connectivity index (χ3v) is 7.63. The molecular formula is C27H43N. The van der Waals surface area contributed by atoms with Crippen molar-refractivity contribution >= 4 is 5.57 Å². The van der Waals surface area contributed by atoms with Gasteiger partial charge in [-0.15, -0.1) is 0 Å². The lowest BCUT2D eigenvalue weighted by Gasteiger charge is -2.35. The van der Waals surface area contributed by atoms with E-state index in [9.17, 15) is 0 Å². The number of nitrogens with one attached hydrogen (secondary N) is 1. The van der Waals surface area contributed by atoms with Crippen LogP contribution in [0.5, 0.6) is 0 Å². The predicted molar refractivity (Wildman–Crippen MR) is 124 cm³/mol. The summed E-state index contributed by atoms with van der Waals surface area (Å²) in [7, 11) is 0. The lowest BCUT2D eigenvalue weighted by atomic mass is 9.78. The number of benzene rings is 1. The number of aryl methyl sites for hydroxylation is 1. The van der Waals surface area contributed by atoms with Crippen LogP contribution in [0.2, 0.25) is 0 Å². The molecule has 156 valence electrons. The van der Waals surface area contributed by atoms with Gasteiger partial charge in [0.15, 0.2) is 0 Å². The van der Waals surface area contributed by atoms with Crippen LogP contribution in [0, 0.1) is 17.8 Å². The van der Waals surface area contributed by atoms with Crippen LogP contribution in [0.15, 0.2) is 24.8 Å². The summed E-state index contributed by atoms with van der Waals surface area (Å²) in [5.41, 5.74) is 5.55. The van der Waals surface area contributed by atoms with Crippen LogP contribution < -0.4 is 5.32 Å². The summed E-state index contributed by atoms with van der Waals surface area (Å²) in [5.74, 6) is 2.74. The van der Waals surface area contributed by atoms with Gasteiger partial charge in [-0.2, -0.15) is 0 Å². The van der Waals surface area contributed by atoms with Gasteiger partial charge in [-0.3, -0.25) is 0 Å². The maximum atomic E-state index is 4.16. The molecule has 1 nitrogen and oxygen atoms in total. The Morgan fingerprint density at radius 1 is 1.00 bits per heavy atom. The van der Waals surface area contributed by atoms with Gasteiger partial charge in [-0.1, -0.05) is 76.3 Å². The fourth-order valence-corrected chi connectivity index (χ4v) is 5.67. The summed E-state index contributed by atoms with van der Waals surface area (Å²) in [6.07, 6.45) is 15.1. The quantitative estimate of drug-likeness (QED) is 0.502. The first kappa shape index (κ1) is 21.6. The molecule has 0 aromatic heterocycles. The monoisotopic (exact) mass is 381 g/mol. The number of rotatable bonds is 8. The first-order valence-corrected chi connectivity index (χ1v) is 12.1. The Bertz CT molecular complexity index is 623. The number of hydrogen-bond donors (Lipinski definition) is 1. The zero-order valence-corrected chi connectivity index (χ0v) is 18.7. The summed E-state index contributed by atoms with van der Waals surface area (Å²) < 4.78 is 0. The summed E-state index contributed by atoms with van der Waals surface area (Å²) in [5, 5.41) is 4.04. The molecule has 0 amide bonds. The van der Waals surface area contributed by atoms with Crippen LogP contribution in [0.3, 0.4) is 0 Å². The lowest BCUT2D eigenvalue weighted by Crippen LogP contribution is -2.42. The van der Waals surface area contributed by atoms with E-state index in [2.05, 4.69) is 50.9 Å². The largest absolute Gasteiger partial charge is 0.313 e. The van der Waals surface area contributed by atoms with Crippen molar-refractivity contribution < 1.29 is 0 Å². The molecule has 2 aliphatic carbocycles. The molecule has 2 saturated carbocycles. The summed E-state index contributed by atoms with van der Waals surface area (Å²) in [4.78, 5) is 0. The topological polar surface area (TPSA) is 12.0 Å². The van der Waals surface area contributed by atoms with Gasteiger partial charge in [0, 0.05) is 6.04 Å². The van der Waals surface area contributed by atoms with Crippen molar-refractivity contribution in [2.75, 3.05) is 6.54 Å². The van der Waals surface area contributed by atoms with Gasteiger partial charge in [0.25, 0.3) is 0 Å². The van der Waals surface area contributed by atoms with Crippen molar-refractivity contribution in [1.29, 1.82) is 0 Å². The van der Waals surface area contributed by atoms with Crippen LogP contribution in [-0.4, -0.2) is 12.6 Å². The number of hydrogen-bond acceptors (Lipinski definition) is 1. The van der Waals surface area contributed by atoms with E-state index in [0.29, 0.717) is 0 Å². The highest BCUT2D eigenvalue weighted by atomic mass is 14.9. The average molecular weight is 382 g/mol. The van der Waals surface area contributed by atoms with Gasteiger partial charge < -0.3 is 5.32 Å². The van der Waals surface area contributed by atoms with Crippen LogP contribution in [0.4, 0.5) is 0 Å². The highest BCUT2D eigenvalue weighted by molar-refractivity contribution is 5.65. The molecule has 1 N–H and O–H groups in total. The van der Waals surface area contributed by atoms with Gasteiger partial charge in [0.1, 0.15) is 0 Å². The third-order valence-electron chi connectivity index (χ3n) is 7.63. The Hall–Kier alpha value is -1.08. The molecular weight excluding hydrogens is 338 g/mol. The van der Waals surface area contributed by atoms with Crippen LogP contribution in [0.25, 0.3) is 5.57 Å². The fourth-order valence-electron chi connectivity index (χ4n) is 5.67. The van der Waals surface area contributed by atoms with Crippen molar-refractivity contribution in [2.45, 2.75) is 97.4 Å². The Kier molecular flexibility index (Phi) is 8.21. The van der Waals surface area contributed by atoms with Crippen LogP contribution in [-0.2, 0) is 12.8 Å². The Morgan fingerprint density at radius 3 is 2.39 bits per heavy atom. The molecule has 2 aliphatic rings. The zero-order valence-electron chi connectivity index (χ0n) is 18.7. The van der Waals surface area contributed by atoms with Crippen LogP contribution >= 0.6 is 0 Å². The Labute approximate surface area is 174 Å². The summed E-state index contributed by atoms with van der Waals surface area (Å²) in [6, 6.07) is 7.86. The standard InChI is InChI=1S/C27H43N/c1-5-21-11-13-22(14-12-21)19-28-27-10-8-7-9-25(27)18-23-15-16-26(20(3)4)24(6-2)17-23/h15-17,21-22,25,27-28H,3,5-14,18-19H2,1-2,4H3. The van der Waals surface area contributed by atoms with E-state index >= 15 is 0 Å². The van der Waals surface area contributed by atoms with E-state index in [-0.39, 0.29) is 0 Å². The normalized spacial score (nSPS) is 28.2. The summed E-state index contributed by atoms with van der Waals surface area (Å²) >= 11 is 0. The second-order valence-corrected chi connectivity index (χ2v) is 9.68. The molecule has 2 fully saturated rings. The maximum Gasteiger partial charge on any atom is 0.00986 e. The minimum Gasteiger partial charge on any atom is -0.313 e. The predicted octanol–water partition coefficient (Wildman–Crippen LogP) is 7.19. The molecule has 2 unspecified atom stereocenters. The highest BCUT2D eigenvalue weighted by Gasteiger charge is 2.27. The third kappa shape index (κ3) is 5.72. The molecule has 0 bridgehead atoms. The summed E-state index contributed by atoms with van der Waals surface area (Å²) in [6.45, 7) is 12.2. The molecule has 0 saturated heterocycles. The van der Waals surface area contributed by atoms with Gasteiger partial charge in [0.05, 0.1) is 0 Å². The molecule has 3 rings (SSSR count). The molecule has 0 heterocycles. The first-order valence-electron chi connectivity index (χ1n) is 12.1. The second kappa shape index (κ2) is 10.6. The van der Waals surface area contributed by atoms with E-state index in [4.69, 9.17) is 0 Å². The van der Waals surface area contributed by atoms with Gasteiger partial charge in [0.2, 0.25) is 0 Å². The van der Waals surface area contributed by atoms with E-state index < -0.39 is 0 Å². The van der Waals surface area contributed by atoms with Crippen molar-refractivity contribution in [3.8, 4) is 0 Å². The van der Waals surface area contributed by atoms with E-state index in [1.165, 1.54) is 93.0 Å². The highest BCUT2D eigenvalue weighted by Crippen LogP contribution is 2.32. The minimum atomic E-state index is 0.726. The maximum absolute atomic E-state index is 4.16. The zero-order chi connectivity index (χ0) is 19.9. The van der Waals surface area contributed by atoms with Crippen LogP contribution in [0.1, 0.15) is 95.2 Å². The molecule has 1 heteroatoms. The minimum absolute atomic E-state index is 0.726. The first-order chi connectivity index (χ1) is 13.6. The molecule has 28 heavy (non-hydrogen) atoms. The van der Waals surface area contributed by atoms with Gasteiger partial charge in [-0.25, -0.2) is 0 Å². The molecule has 2 atom stereocenters. The second-order valence-electron chi connectivity index (χ2n) is 9.68. The van der Waals surface area contributed by atoms with Gasteiger partial charge >= 0.3 is 0 Å². The van der Waals surface area contributed by atoms with Crippen molar-refractivity contribution in [2.24, 2.45) is 17.8 Å². The fraction of sp³-hybridized carbons (Fsp3) is 0.704. The van der Waals surface area contributed by atoms with E-state index in [0.717, 1.165) is 30.2 Å². The van der Waals surface area contributed by atoms with Crippen molar-refractivity contribution in [3.05, 3.63) is 41.5 Å². The molecule has 0 aliphatic heterocycles. The van der Waals surface area contributed by atoms with Crippen molar-refractivity contribution in [1.82, 2.24) is 5.32 Å². The van der Waals surface area contributed by atoms with Gasteiger partial charge in [-0.05, 0) is 86.4 Å². The number of allylic oxidation sites excluding steroid dienone is 1. The molecule has 1 aromatic rings. The Morgan fingerprint density at radius 2 is 1.71 bits per heavy atom.